The molecule has 0 fully saturated rings. The van der Waals surface area contributed by atoms with Crippen molar-refractivity contribution in [2.24, 2.45) is 0 Å². The van der Waals surface area contributed by atoms with E-state index < -0.39 is 29.9 Å². The Morgan fingerprint density at radius 3 is 2.22 bits per heavy atom. The van der Waals surface area contributed by atoms with Crippen molar-refractivity contribution in [3.05, 3.63) is 107 Å². The SMILES string of the molecule is CCOC(=O)[C@@H](OC(=O)c1ccc(N2C(=O)c3c(C)nc4ccccc4c3C2=O)cc1)c1ccccc1. The minimum atomic E-state index is -1.23. The molecule has 2 amide bonds. The van der Waals surface area contributed by atoms with E-state index in [1.807, 2.05) is 6.07 Å². The number of nitrogens with zero attached hydrogens (tertiary/aromatic N) is 2. The quantitative estimate of drug-likeness (QED) is 0.280. The Morgan fingerprint density at radius 1 is 0.865 bits per heavy atom. The van der Waals surface area contributed by atoms with Crippen molar-refractivity contribution in [2.45, 2.75) is 20.0 Å². The monoisotopic (exact) mass is 494 g/mol. The molecule has 0 N–H and O–H groups in total. The Hall–Kier alpha value is -4.85. The van der Waals surface area contributed by atoms with Gasteiger partial charge in [0.25, 0.3) is 11.8 Å². The van der Waals surface area contributed by atoms with E-state index >= 15 is 0 Å². The van der Waals surface area contributed by atoms with Gasteiger partial charge in [0, 0.05) is 10.9 Å². The zero-order chi connectivity index (χ0) is 26.1. The van der Waals surface area contributed by atoms with Gasteiger partial charge in [-0.3, -0.25) is 14.6 Å². The van der Waals surface area contributed by atoms with Gasteiger partial charge in [0.2, 0.25) is 6.10 Å². The number of imide groups is 1. The average molecular weight is 495 g/mol. The zero-order valence-corrected chi connectivity index (χ0v) is 20.1. The lowest BCUT2D eigenvalue weighted by atomic mass is 10.0. The maximum atomic E-state index is 13.4. The Kier molecular flexibility index (Phi) is 6.23. The van der Waals surface area contributed by atoms with Crippen LogP contribution in [0.4, 0.5) is 5.69 Å². The summed E-state index contributed by atoms with van der Waals surface area (Å²) in [6, 6.07) is 21.6. The second kappa shape index (κ2) is 9.66. The molecule has 1 atom stereocenters. The molecule has 0 spiro atoms. The molecule has 1 aromatic heterocycles. The highest BCUT2D eigenvalue weighted by atomic mass is 16.6. The van der Waals surface area contributed by atoms with Gasteiger partial charge in [0.15, 0.2) is 0 Å². The van der Waals surface area contributed by atoms with Crippen LogP contribution in [0.5, 0.6) is 0 Å². The summed E-state index contributed by atoms with van der Waals surface area (Å²) in [4.78, 5) is 57.5. The summed E-state index contributed by atoms with van der Waals surface area (Å²) < 4.78 is 10.6. The van der Waals surface area contributed by atoms with E-state index in [9.17, 15) is 19.2 Å². The molecule has 0 saturated heterocycles. The molecule has 1 aliphatic heterocycles. The predicted octanol–water partition coefficient (Wildman–Crippen LogP) is 4.81. The first-order valence-corrected chi connectivity index (χ1v) is 11.7. The number of hydrogen-bond acceptors (Lipinski definition) is 7. The van der Waals surface area contributed by atoms with Crippen LogP contribution in [-0.2, 0) is 14.3 Å². The number of amides is 2. The molecule has 0 unspecified atom stereocenters. The fourth-order valence-electron chi connectivity index (χ4n) is 4.39. The minimum Gasteiger partial charge on any atom is -0.463 e. The van der Waals surface area contributed by atoms with Gasteiger partial charge in [0.05, 0.1) is 40.2 Å². The zero-order valence-electron chi connectivity index (χ0n) is 20.1. The van der Waals surface area contributed by atoms with Crippen LogP contribution in [0.3, 0.4) is 0 Å². The maximum Gasteiger partial charge on any atom is 0.352 e. The summed E-state index contributed by atoms with van der Waals surface area (Å²) in [6.07, 6.45) is -1.23. The normalized spacial score (nSPS) is 13.4. The molecule has 1 aliphatic rings. The van der Waals surface area contributed by atoms with Gasteiger partial charge < -0.3 is 9.47 Å². The highest BCUT2D eigenvalue weighted by Gasteiger charge is 2.40. The van der Waals surface area contributed by atoms with E-state index in [4.69, 9.17) is 9.47 Å². The predicted molar refractivity (Wildman–Crippen MR) is 135 cm³/mol. The Morgan fingerprint density at radius 2 is 1.51 bits per heavy atom. The number of pyridine rings is 1. The van der Waals surface area contributed by atoms with Gasteiger partial charge in [-0.15, -0.1) is 0 Å². The highest BCUT2D eigenvalue weighted by Crippen LogP contribution is 2.34. The molecule has 4 aromatic rings. The van der Waals surface area contributed by atoms with Crippen molar-refractivity contribution in [1.29, 1.82) is 0 Å². The third kappa shape index (κ3) is 4.23. The van der Waals surface area contributed by atoms with Crippen molar-refractivity contribution in [2.75, 3.05) is 11.5 Å². The van der Waals surface area contributed by atoms with Gasteiger partial charge in [-0.1, -0.05) is 48.5 Å². The van der Waals surface area contributed by atoms with E-state index in [1.54, 1.807) is 62.4 Å². The van der Waals surface area contributed by atoms with Crippen LogP contribution in [0, 0.1) is 6.92 Å². The lowest BCUT2D eigenvalue weighted by molar-refractivity contribution is -0.153. The number of carbonyl (C=O) groups is 4. The highest BCUT2D eigenvalue weighted by molar-refractivity contribution is 6.37. The first-order valence-electron chi connectivity index (χ1n) is 11.7. The number of aromatic nitrogens is 1. The number of benzene rings is 3. The van der Waals surface area contributed by atoms with E-state index in [1.165, 1.54) is 24.3 Å². The number of hydrogen-bond donors (Lipinski definition) is 0. The summed E-state index contributed by atoms with van der Waals surface area (Å²) in [5.41, 5.74) is 2.62. The average Bonchev–Trinajstić information content (AvgIpc) is 3.18. The Bertz CT molecular complexity index is 1550. The number of anilines is 1. The van der Waals surface area contributed by atoms with Crippen LogP contribution >= 0.6 is 0 Å². The standard InChI is InChI=1S/C29H22N2O6/c1-3-36-29(35)25(18-9-5-4-6-10-18)37-28(34)19-13-15-20(16-14-19)31-26(32)23-17(2)30-22-12-8-7-11-21(22)24(23)27(31)33/h4-16,25H,3H2,1-2H3/t25-/m0/s1. The Balaban J connectivity index is 1.41. The van der Waals surface area contributed by atoms with Crippen molar-refractivity contribution >= 4 is 40.3 Å². The molecule has 184 valence electrons. The second-order valence-electron chi connectivity index (χ2n) is 8.41. The van der Waals surface area contributed by atoms with Crippen LogP contribution in [-0.4, -0.2) is 35.3 Å². The molecule has 0 bridgehead atoms. The van der Waals surface area contributed by atoms with Gasteiger partial charge in [0.1, 0.15) is 0 Å². The van der Waals surface area contributed by atoms with Crippen LogP contribution in [0.2, 0.25) is 0 Å². The van der Waals surface area contributed by atoms with E-state index in [0.29, 0.717) is 33.4 Å². The summed E-state index contributed by atoms with van der Waals surface area (Å²) >= 11 is 0. The number of para-hydroxylation sites is 1. The topological polar surface area (TPSA) is 103 Å². The van der Waals surface area contributed by atoms with Crippen molar-refractivity contribution in [3.63, 3.8) is 0 Å². The fourth-order valence-corrected chi connectivity index (χ4v) is 4.39. The second-order valence-corrected chi connectivity index (χ2v) is 8.41. The number of fused-ring (bicyclic) bond motifs is 3. The van der Waals surface area contributed by atoms with E-state index in [0.717, 1.165) is 4.90 Å². The van der Waals surface area contributed by atoms with E-state index in [2.05, 4.69) is 4.98 Å². The molecule has 0 radical (unpaired) electrons. The van der Waals surface area contributed by atoms with Gasteiger partial charge in [-0.25, -0.2) is 14.5 Å². The lowest BCUT2D eigenvalue weighted by Crippen LogP contribution is -2.29. The molecule has 2 heterocycles. The van der Waals surface area contributed by atoms with Crippen molar-refractivity contribution in [3.8, 4) is 0 Å². The third-order valence-electron chi connectivity index (χ3n) is 6.10. The van der Waals surface area contributed by atoms with Crippen LogP contribution < -0.4 is 4.90 Å². The van der Waals surface area contributed by atoms with Gasteiger partial charge in [-0.05, 0) is 44.2 Å². The lowest BCUT2D eigenvalue weighted by Gasteiger charge is -2.17. The number of ether oxygens (including phenoxy) is 2. The van der Waals surface area contributed by atoms with Crippen molar-refractivity contribution < 1.29 is 28.7 Å². The van der Waals surface area contributed by atoms with Gasteiger partial charge >= 0.3 is 11.9 Å². The largest absolute Gasteiger partial charge is 0.463 e. The number of carbonyl (C=O) groups excluding carboxylic acids is 4. The Labute approximate surface area is 212 Å². The molecular formula is C29H22N2O6. The molecule has 8 heteroatoms. The first-order chi connectivity index (χ1) is 17.9. The van der Waals surface area contributed by atoms with Crippen LogP contribution in [0.15, 0.2) is 78.9 Å². The summed E-state index contributed by atoms with van der Waals surface area (Å²) in [5, 5.41) is 0.607. The molecular weight excluding hydrogens is 472 g/mol. The van der Waals surface area contributed by atoms with Gasteiger partial charge in [-0.2, -0.15) is 0 Å². The summed E-state index contributed by atoms with van der Waals surface area (Å²) in [5.74, 6) is -2.36. The number of rotatable bonds is 6. The molecule has 5 rings (SSSR count). The number of aryl methyl sites for hydroxylation is 1. The summed E-state index contributed by atoms with van der Waals surface area (Å²) in [6.45, 7) is 3.50. The molecule has 0 saturated carbocycles. The molecule has 0 aliphatic carbocycles. The van der Waals surface area contributed by atoms with Crippen molar-refractivity contribution in [1.82, 2.24) is 4.98 Å². The maximum absolute atomic E-state index is 13.4. The number of esters is 2. The summed E-state index contributed by atoms with van der Waals surface area (Å²) in [7, 11) is 0. The molecule has 8 nitrogen and oxygen atoms in total. The van der Waals surface area contributed by atoms with Crippen LogP contribution in [0.25, 0.3) is 10.9 Å². The van der Waals surface area contributed by atoms with E-state index in [-0.39, 0.29) is 17.7 Å². The molecule has 37 heavy (non-hydrogen) atoms. The smallest absolute Gasteiger partial charge is 0.352 e. The molecule has 3 aromatic carbocycles. The third-order valence-corrected chi connectivity index (χ3v) is 6.10. The van der Waals surface area contributed by atoms with Crippen LogP contribution in [0.1, 0.15) is 55.4 Å². The first kappa shape index (κ1) is 23.9. The fraction of sp³-hybridized carbons (Fsp3) is 0.138. The minimum absolute atomic E-state index is 0.138.